The van der Waals surface area contributed by atoms with Crippen LogP contribution in [0.1, 0.15) is 19.4 Å². The number of nitrogens with one attached hydrogen (secondary N) is 1. The first-order valence-electron chi connectivity index (χ1n) is 7.84. The fraction of sp³-hybridized carbons (Fsp3) is 0.588. The van der Waals surface area contributed by atoms with Gasteiger partial charge in [0.05, 0.1) is 25.9 Å². The van der Waals surface area contributed by atoms with Gasteiger partial charge in [0.1, 0.15) is 5.75 Å². The molecule has 2 rings (SSSR count). The van der Waals surface area contributed by atoms with Crippen LogP contribution in [0.4, 0.5) is 0 Å². The molecule has 0 radical (unpaired) electrons. The second kappa shape index (κ2) is 8.15. The number of methoxy groups -OCH3 is 1. The van der Waals surface area contributed by atoms with E-state index in [0.717, 1.165) is 25.3 Å². The second-order valence-corrected chi connectivity index (χ2v) is 5.90. The summed E-state index contributed by atoms with van der Waals surface area (Å²) in [6.45, 7) is 6.82. The summed E-state index contributed by atoms with van der Waals surface area (Å²) in [5, 5.41) is 2.98. The molecule has 1 aliphatic heterocycles. The van der Waals surface area contributed by atoms with Gasteiger partial charge in [-0.15, -0.1) is 0 Å². The van der Waals surface area contributed by atoms with Crippen LogP contribution < -0.4 is 10.1 Å². The van der Waals surface area contributed by atoms with Crippen LogP contribution in [0.15, 0.2) is 24.3 Å². The Labute approximate surface area is 132 Å². The second-order valence-electron chi connectivity index (χ2n) is 5.90. The van der Waals surface area contributed by atoms with E-state index in [9.17, 15) is 4.79 Å². The number of carbonyl (C=O) groups is 1. The topological polar surface area (TPSA) is 50.8 Å². The molecule has 0 spiro atoms. The predicted molar refractivity (Wildman–Crippen MR) is 86.2 cm³/mol. The Morgan fingerprint density at radius 2 is 1.91 bits per heavy atom. The standard InChI is InChI=1S/C17H26N2O3/c1-13-10-19(11-14(2)22-13)12-17(20)18-9-8-15-4-6-16(21-3)7-5-15/h4-7,13-14H,8-12H2,1-3H3,(H,18,20). The molecule has 1 aromatic rings. The van der Waals surface area contributed by atoms with Crippen molar-refractivity contribution in [2.45, 2.75) is 32.5 Å². The molecule has 1 saturated heterocycles. The quantitative estimate of drug-likeness (QED) is 0.864. The summed E-state index contributed by atoms with van der Waals surface area (Å²) in [6.07, 6.45) is 1.21. The summed E-state index contributed by atoms with van der Waals surface area (Å²) in [4.78, 5) is 14.2. The zero-order chi connectivity index (χ0) is 15.9. The van der Waals surface area contributed by atoms with Gasteiger partial charge in [-0.1, -0.05) is 12.1 Å². The zero-order valence-electron chi connectivity index (χ0n) is 13.7. The monoisotopic (exact) mass is 306 g/mol. The van der Waals surface area contributed by atoms with Crippen LogP contribution in [-0.4, -0.2) is 56.3 Å². The SMILES string of the molecule is COc1ccc(CCNC(=O)CN2CC(C)OC(C)C2)cc1. The minimum atomic E-state index is 0.0785. The maximum atomic E-state index is 12.0. The summed E-state index contributed by atoms with van der Waals surface area (Å²) in [7, 11) is 1.66. The van der Waals surface area contributed by atoms with Crippen molar-refractivity contribution >= 4 is 5.91 Å². The van der Waals surface area contributed by atoms with Crippen LogP contribution >= 0.6 is 0 Å². The molecule has 2 unspecified atom stereocenters. The molecule has 0 saturated carbocycles. The van der Waals surface area contributed by atoms with Gasteiger partial charge in [0.2, 0.25) is 5.91 Å². The number of rotatable bonds is 6. The molecule has 2 atom stereocenters. The Morgan fingerprint density at radius 1 is 1.27 bits per heavy atom. The lowest BCUT2D eigenvalue weighted by molar-refractivity contribution is -0.125. The van der Waals surface area contributed by atoms with E-state index >= 15 is 0 Å². The molecule has 0 aliphatic carbocycles. The molecule has 0 bridgehead atoms. The van der Waals surface area contributed by atoms with E-state index in [-0.39, 0.29) is 18.1 Å². The predicted octanol–water partition coefficient (Wildman–Crippen LogP) is 1.46. The number of hydrogen-bond acceptors (Lipinski definition) is 4. The van der Waals surface area contributed by atoms with E-state index < -0.39 is 0 Å². The maximum absolute atomic E-state index is 12.0. The average molecular weight is 306 g/mol. The highest BCUT2D eigenvalue weighted by atomic mass is 16.5. The lowest BCUT2D eigenvalue weighted by Crippen LogP contribution is -2.49. The first kappa shape index (κ1) is 16.8. The number of nitrogens with zero attached hydrogens (tertiary/aromatic N) is 1. The normalized spacial score (nSPS) is 22.3. The molecule has 1 amide bonds. The van der Waals surface area contributed by atoms with Gasteiger partial charge in [0, 0.05) is 19.6 Å². The molecule has 1 aromatic carbocycles. The Balaban J connectivity index is 1.68. The van der Waals surface area contributed by atoms with Crippen molar-refractivity contribution in [1.82, 2.24) is 10.2 Å². The van der Waals surface area contributed by atoms with E-state index in [0.29, 0.717) is 13.1 Å². The molecule has 1 heterocycles. The largest absolute Gasteiger partial charge is 0.497 e. The molecular formula is C17H26N2O3. The highest BCUT2D eigenvalue weighted by molar-refractivity contribution is 5.78. The van der Waals surface area contributed by atoms with Gasteiger partial charge in [-0.25, -0.2) is 0 Å². The Morgan fingerprint density at radius 3 is 2.50 bits per heavy atom. The molecule has 5 nitrogen and oxygen atoms in total. The Hall–Kier alpha value is -1.59. The van der Waals surface area contributed by atoms with E-state index in [1.165, 1.54) is 5.56 Å². The lowest BCUT2D eigenvalue weighted by Gasteiger charge is -2.34. The van der Waals surface area contributed by atoms with E-state index in [4.69, 9.17) is 9.47 Å². The lowest BCUT2D eigenvalue weighted by atomic mass is 10.1. The third-order valence-corrected chi connectivity index (χ3v) is 3.76. The number of morpholine rings is 1. The number of ether oxygens (including phenoxy) is 2. The first-order valence-corrected chi connectivity index (χ1v) is 7.84. The van der Waals surface area contributed by atoms with Crippen molar-refractivity contribution in [2.24, 2.45) is 0 Å². The fourth-order valence-corrected chi connectivity index (χ4v) is 2.81. The molecule has 0 aromatic heterocycles. The number of hydrogen-bond donors (Lipinski definition) is 1. The van der Waals surface area contributed by atoms with Gasteiger partial charge in [-0.05, 0) is 38.0 Å². The third kappa shape index (κ3) is 5.31. The van der Waals surface area contributed by atoms with Gasteiger partial charge in [0.15, 0.2) is 0 Å². The molecule has 5 heteroatoms. The Kier molecular flexibility index (Phi) is 6.21. The maximum Gasteiger partial charge on any atom is 0.234 e. The highest BCUT2D eigenvalue weighted by Gasteiger charge is 2.23. The summed E-state index contributed by atoms with van der Waals surface area (Å²) < 4.78 is 10.8. The van der Waals surface area contributed by atoms with Crippen LogP contribution in [0.2, 0.25) is 0 Å². The molecular weight excluding hydrogens is 280 g/mol. The van der Waals surface area contributed by atoms with Crippen LogP contribution in [0, 0.1) is 0 Å². The van der Waals surface area contributed by atoms with Crippen molar-refractivity contribution in [2.75, 3.05) is 33.3 Å². The third-order valence-electron chi connectivity index (χ3n) is 3.76. The van der Waals surface area contributed by atoms with Crippen molar-refractivity contribution in [3.63, 3.8) is 0 Å². The zero-order valence-corrected chi connectivity index (χ0v) is 13.7. The summed E-state index contributed by atoms with van der Waals surface area (Å²) >= 11 is 0. The molecule has 1 fully saturated rings. The number of amides is 1. The van der Waals surface area contributed by atoms with Crippen LogP contribution in [0.5, 0.6) is 5.75 Å². The molecule has 22 heavy (non-hydrogen) atoms. The summed E-state index contributed by atoms with van der Waals surface area (Å²) in [6, 6.07) is 7.92. The first-order chi connectivity index (χ1) is 10.6. The fourth-order valence-electron chi connectivity index (χ4n) is 2.81. The minimum absolute atomic E-state index is 0.0785. The van der Waals surface area contributed by atoms with Gasteiger partial charge in [-0.2, -0.15) is 0 Å². The highest BCUT2D eigenvalue weighted by Crippen LogP contribution is 2.11. The molecule has 122 valence electrons. The van der Waals surface area contributed by atoms with E-state index in [2.05, 4.69) is 10.2 Å². The van der Waals surface area contributed by atoms with Crippen LogP contribution in [-0.2, 0) is 16.0 Å². The molecule has 1 N–H and O–H groups in total. The smallest absolute Gasteiger partial charge is 0.234 e. The number of carbonyl (C=O) groups excluding carboxylic acids is 1. The van der Waals surface area contributed by atoms with E-state index in [1.807, 2.05) is 38.1 Å². The van der Waals surface area contributed by atoms with Gasteiger partial charge >= 0.3 is 0 Å². The minimum Gasteiger partial charge on any atom is -0.497 e. The van der Waals surface area contributed by atoms with Crippen LogP contribution in [0.3, 0.4) is 0 Å². The van der Waals surface area contributed by atoms with Gasteiger partial charge in [0.25, 0.3) is 0 Å². The summed E-state index contributed by atoms with van der Waals surface area (Å²) in [5.41, 5.74) is 1.19. The van der Waals surface area contributed by atoms with Crippen LogP contribution in [0.25, 0.3) is 0 Å². The molecule has 1 aliphatic rings. The van der Waals surface area contributed by atoms with Crippen molar-refractivity contribution in [1.29, 1.82) is 0 Å². The van der Waals surface area contributed by atoms with Crippen molar-refractivity contribution in [3.05, 3.63) is 29.8 Å². The van der Waals surface area contributed by atoms with Gasteiger partial charge < -0.3 is 14.8 Å². The average Bonchev–Trinajstić information content (AvgIpc) is 2.47. The van der Waals surface area contributed by atoms with E-state index in [1.54, 1.807) is 7.11 Å². The van der Waals surface area contributed by atoms with Gasteiger partial charge in [-0.3, -0.25) is 9.69 Å². The Bertz CT molecular complexity index is 465. The summed E-state index contributed by atoms with van der Waals surface area (Å²) in [5.74, 6) is 0.929. The van der Waals surface area contributed by atoms with Crippen molar-refractivity contribution in [3.8, 4) is 5.75 Å². The van der Waals surface area contributed by atoms with Crippen molar-refractivity contribution < 1.29 is 14.3 Å². The number of benzene rings is 1.